The number of hydrogen-bond acceptors (Lipinski definition) is 12. The van der Waals surface area contributed by atoms with Crippen molar-refractivity contribution in [3.05, 3.63) is 108 Å². The molecule has 0 spiro atoms. The lowest BCUT2D eigenvalue weighted by molar-refractivity contribution is 0.0510. The Balaban J connectivity index is 1.39. The summed E-state index contributed by atoms with van der Waals surface area (Å²) in [5, 5.41) is 14.4. The maximum atomic E-state index is 12.3. The number of pyridine rings is 3. The van der Waals surface area contributed by atoms with Crippen molar-refractivity contribution in [2.75, 3.05) is 19.8 Å². The van der Waals surface area contributed by atoms with Crippen LogP contribution in [0.4, 0.5) is 0 Å². The van der Waals surface area contributed by atoms with E-state index in [-0.39, 0.29) is 36.9 Å². The van der Waals surface area contributed by atoms with Gasteiger partial charge in [0.2, 0.25) is 6.29 Å². The second kappa shape index (κ2) is 14.5. The molecule has 0 aromatic carbocycles. The number of ether oxygens (including phenoxy) is 3. The maximum absolute atomic E-state index is 12.3. The highest BCUT2D eigenvalue weighted by molar-refractivity contribution is 5.89. The topological polar surface area (TPSA) is 171 Å². The summed E-state index contributed by atoms with van der Waals surface area (Å²) in [4.78, 5) is 50.4. The monoisotopic (exact) mass is 661 g/mol. The fourth-order valence-electron chi connectivity index (χ4n) is 4.86. The van der Waals surface area contributed by atoms with E-state index in [0.717, 1.165) is 0 Å². The van der Waals surface area contributed by atoms with E-state index in [0.29, 0.717) is 34.2 Å². The summed E-state index contributed by atoms with van der Waals surface area (Å²) in [5.41, 5.74) is 3.34. The Hall–Kier alpha value is -6.51. The smallest absolute Gasteiger partial charge is 0.356 e. The first-order valence-electron chi connectivity index (χ1n) is 15.5. The van der Waals surface area contributed by atoms with Gasteiger partial charge in [-0.2, -0.15) is 15.3 Å². The molecule has 6 heterocycles. The molecule has 0 aliphatic carbocycles. The van der Waals surface area contributed by atoms with Crippen LogP contribution in [0.1, 0.15) is 58.5 Å². The molecule has 6 aromatic heterocycles. The molecule has 0 radical (unpaired) electrons. The van der Waals surface area contributed by atoms with Gasteiger partial charge in [-0.05, 0) is 75.4 Å². The molecule has 248 valence electrons. The Morgan fingerprint density at radius 2 is 0.796 bits per heavy atom. The molecule has 0 bridgehead atoms. The van der Waals surface area contributed by atoms with Crippen LogP contribution < -0.4 is 0 Å². The SMILES string of the molecule is CCOC(=O)c1cccc(-c2ccn(C(n3ccc(-c4cccc(C(=O)OCC)n4)n3)n3ccc(-c4cccc(C(=O)OCC)n4)n3)n2)n1. The van der Waals surface area contributed by atoms with Gasteiger partial charge in [-0.15, -0.1) is 0 Å². The van der Waals surface area contributed by atoms with E-state index in [1.807, 2.05) is 0 Å². The highest BCUT2D eigenvalue weighted by Crippen LogP contribution is 2.24. The summed E-state index contributed by atoms with van der Waals surface area (Å²) < 4.78 is 20.2. The van der Waals surface area contributed by atoms with Crippen molar-refractivity contribution >= 4 is 17.9 Å². The molecule has 0 unspecified atom stereocenters. The molecule has 0 atom stereocenters. The zero-order valence-electron chi connectivity index (χ0n) is 26.8. The van der Waals surface area contributed by atoms with E-state index in [4.69, 9.17) is 29.5 Å². The number of nitrogens with zero attached hydrogens (tertiary/aromatic N) is 9. The first kappa shape index (κ1) is 32.4. The highest BCUT2D eigenvalue weighted by Gasteiger charge is 2.22. The molecule has 0 aliphatic heterocycles. The number of carbonyl (C=O) groups is 3. The standard InChI is InChI=1S/C34H31N9O6/c1-4-47-31(44)28-13-7-10-22(35-28)25-16-19-41(38-25)34(42-20-17-26(39-42)23-11-8-14-29(36-23)32(45)48-5-2)43-21-18-27(40-43)24-12-9-15-30(37-24)33(46)49-6-3/h7-21,34H,4-6H2,1-3H3. The van der Waals surface area contributed by atoms with Crippen LogP contribution in [0.15, 0.2) is 91.4 Å². The fraction of sp³-hybridized carbons (Fsp3) is 0.206. The minimum Gasteiger partial charge on any atom is -0.461 e. The summed E-state index contributed by atoms with van der Waals surface area (Å²) in [6, 6.07) is 20.4. The number of esters is 3. The Morgan fingerprint density at radius 1 is 0.490 bits per heavy atom. The normalized spacial score (nSPS) is 11.0. The average molecular weight is 662 g/mol. The van der Waals surface area contributed by atoms with Gasteiger partial charge in [0.1, 0.15) is 34.2 Å². The van der Waals surface area contributed by atoms with Crippen molar-refractivity contribution in [1.29, 1.82) is 0 Å². The summed E-state index contributed by atoms with van der Waals surface area (Å²) in [7, 11) is 0. The van der Waals surface area contributed by atoms with Gasteiger partial charge in [0, 0.05) is 18.6 Å². The third-order valence-electron chi connectivity index (χ3n) is 7.02. The lowest BCUT2D eigenvalue weighted by atomic mass is 10.2. The molecule has 49 heavy (non-hydrogen) atoms. The van der Waals surface area contributed by atoms with Crippen LogP contribution in [0.3, 0.4) is 0 Å². The highest BCUT2D eigenvalue weighted by atomic mass is 16.5. The predicted molar refractivity (Wildman–Crippen MR) is 174 cm³/mol. The van der Waals surface area contributed by atoms with Crippen molar-refractivity contribution < 1.29 is 28.6 Å². The van der Waals surface area contributed by atoms with Gasteiger partial charge >= 0.3 is 17.9 Å². The van der Waals surface area contributed by atoms with Crippen molar-refractivity contribution in [2.45, 2.75) is 27.1 Å². The zero-order chi connectivity index (χ0) is 34.3. The average Bonchev–Trinajstić information content (AvgIpc) is 3.92. The van der Waals surface area contributed by atoms with E-state index in [9.17, 15) is 14.4 Å². The zero-order valence-corrected chi connectivity index (χ0v) is 26.8. The fourth-order valence-corrected chi connectivity index (χ4v) is 4.86. The van der Waals surface area contributed by atoms with Crippen molar-refractivity contribution in [3.63, 3.8) is 0 Å². The van der Waals surface area contributed by atoms with Crippen LogP contribution in [0, 0.1) is 0 Å². The predicted octanol–water partition coefficient (Wildman–Crippen LogP) is 4.54. The minimum absolute atomic E-state index is 0.161. The van der Waals surface area contributed by atoms with Gasteiger partial charge in [-0.1, -0.05) is 18.2 Å². The number of hydrogen-bond donors (Lipinski definition) is 0. The third kappa shape index (κ3) is 7.10. The molecule has 0 saturated heterocycles. The number of rotatable bonds is 12. The molecule has 15 nitrogen and oxygen atoms in total. The summed E-state index contributed by atoms with van der Waals surface area (Å²) in [5.74, 6) is -1.59. The van der Waals surface area contributed by atoms with Gasteiger partial charge in [-0.25, -0.2) is 43.4 Å². The second-order valence-electron chi connectivity index (χ2n) is 10.3. The summed E-state index contributed by atoms with van der Waals surface area (Å²) in [6.07, 6.45) is 4.42. The molecular formula is C34H31N9O6. The second-order valence-corrected chi connectivity index (χ2v) is 10.3. The van der Waals surface area contributed by atoms with Gasteiger partial charge in [0.05, 0.1) is 36.9 Å². The molecule has 15 heteroatoms. The van der Waals surface area contributed by atoms with Crippen LogP contribution in [0.25, 0.3) is 34.2 Å². The molecule has 0 fully saturated rings. The largest absolute Gasteiger partial charge is 0.461 e. The van der Waals surface area contributed by atoms with E-state index in [1.165, 1.54) is 0 Å². The van der Waals surface area contributed by atoms with Gasteiger partial charge in [0.25, 0.3) is 0 Å². The van der Waals surface area contributed by atoms with Crippen LogP contribution in [-0.2, 0) is 14.2 Å². The van der Waals surface area contributed by atoms with E-state index < -0.39 is 24.2 Å². The van der Waals surface area contributed by atoms with Crippen molar-refractivity contribution in [2.24, 2.45) is 0 Å². The molecule has 6 aromatic rings. The van der Waals surface area contributed by atoms with E-state index in [1.54, 1.807) is 126 Å². The molecule has 0 aliphatic rings. The Labute approximate surface area is 280 Å². The summed E-state index contributed by atoms with van der Waals surface area (Å²) >= 11 is 0. The van der Waals surface area contributed by atoms with Crippen LogP contribution in [0.2, 0.25) is 0 Å². The lowest BCUT2D eigenvalue weighted by Crippen LogP contribution is -2.27. The molecular weight excluding hydrogens is 630 g/mol. The van der Waals surface area contributed by atoms with Crippen LogP contribution >= 0.6 is 0 Å². The van der Waals surface area contributed by atoms with Gasteiger partial charge < -0.3 is 14.2 Å². The Morgan fingerprint density at radius 3 is 1.08 bits per heavy atom. The first-order valence-corrected chi connectivity index (χ1v) is 15.5. The maximum Gasteiger partial charge on any atom is 0.356 e. The van der Waals surface area contributed by atoms with Crippen molar-refractivity contribution in [1.82, 2.24) is 44.3 Å². The van der Waals surface area contributed by atoms with Gasteiger partial charge in [-0.3, -0.25) is 0 Å². The Kier molecular flexibility index (Phi) is 9.60. The first-order chi connectivity index (χ1) is 23.9. The van der Waals surface area contributed by atoms with Crippen molar-refractivity contribution in [3.8, 4) is 34.2 Å². The van der Waals surface area contributed by atoms with E-state index >= 15 is 0 Å². The lowest BCUT2D eigenvalue weighted by Gasteiger charge is -2.19. The Bertz CT molecular complexity index is 1880. The van der Waals surface area contributed by atoms with Crippen LogP contribution in [0.5, 0.6) is 0 Å². The third-order valence-corrected chi connectivity index (χ3v) is 7.02. The molecule has 0 saturated carbocycles. The minimum atomic E-state index is -0.786. The van der Waals surface area contributed by atoms with Gasteiger partial charge in [0.15, 0.2) is 0 Å². The molecule has 0 amide bonds. The molecule has 6 rings (SSSR count). The van der Waals surface area contributed by atoms with Crippen LogP contribution in [-0.4, -0.2) is 82.0 Å². The van der Waals surface area contributed by atoms with E-state index in [2.05, 4.69) is 15.0 Å². The number of carbonyl (C=O) groups excluding carboxylic acids is 3. The number of aromatic nitrogens is 9. The molecule has 0 N–H and O–H groups in total. The summed E-state index contributed by atoms with van der Waals surface area (Å²) in [6.45, 7) is 5.86. The quantitative estimate of drug-likeness (QED) is 0.133.